The molecule has 4 heteroatoms. The predicted molar refractivity (Wildman–Crippen MR) is 87.7 cm³/mol. The Morgan fingerprint density at radius 1 is 1.10 bits per heavy atom. The molecule has 0 radical (unpaired) electrons. The molecule has 0 saturated carbocycles. The maximum Gasteiger partial charge on any atom is 0.0900 e. The highest BCUT2D eigenvalue weighted by molar-refractivity contribution is 5.85. The van der Waals surface area contributed by atoms with E-state index >= 15 is 0 Å². The number of aliphatic hydroxyl groups excluding tert-OH is 1. The number of ether oxygens (including phenoxy) is 1. The Kier molecular flexibility index (Phi) is 7.01. The Bertz CT molecular complexity index is 281. The lowest BCUT2D eigenvalue weighted by molar-refractivity contribution is -0.0918. The molecule has 0 aromatic carbocycles. The molecule has 0 aromatic heterocycles. The van der Waals surface area contributed by atoms with E-state index < -0.39 is 6.10 Å². The van der Waals surface area contributed by atoms with Gasteiger partial charge in [0.15, 0.2) is 0 Å². The average Bonchev–Trinajstić information content (AvgIpc) is 2.19. The monoisotopic (exact) mass is 307 g/mol. The van der Waals surface area contributed by atoms with Gasteiger partial charge in [0.1, 0.15) is 0 Å². The molecule has 1 N–H and O–H groups in total. The maximum absolute atomic E-state index is 10.3. The van der Waals surface area contributed by atoms with E-state index in [9.17, 15) is 5.11 Å². The highest BCUT2D eigenvalue weighted by atomic mass is 35.5. The van der Waals surface area contributed by atoms with E-state index in [1.54, 1.807) is 0 Å². The summed E-state index contributed by atoms with van der Waals surface area (Å²) in [6.07, 6.45) is 3.24. The Labute approximate surface area is 131 Å². The van der Waals surface area contributed by atoms with E-state index in [-0.39, 0.29) is 29.1 Å². The molecule has 0 bridgehead atoms. The molecule has 3 nitrogen and oxygen atoms in total. The summed E-state index contributed by atoms with van der Waals surface area (Å²) >= 11 is 0. The second kappa shape index (κ2) is 6.95. The Morgan fingerprint density at radius 3 is 1.95 bits per heavy atom. The molecule has 1 saturated heterocycles. The first-order valence-electron chi connectivity index (χ1n) is 7.54. The molecular weight excluding hydrogens is 274 g/mol. The van der Waals surface area contributed by atoms with Crippen LogP contribution in [-0.4, -0.2) is 45.9 Å². The number of piperidine rings is 1. The second-order valence-corrected chi connectivity index (χ2v) is 8.17. The van der Waals surface area contributed by atoms with Crippen molar-refractivity contribution in [1.29, 1.82) is 0 Å². The third-order valence-corrected chi connectivity index (χ3v) is 4.14. The van der Waals surface area contributed by atoms with E-state index in [4.69, 9.17) is 4.74 Å². The molecule has 0 aromatic rings. The number of likely N-dealkylation sites (tertiary alicyclic amines) is 1. The summed E-state index contributed by atoms with van der Waals surface area (Å²) in [5.74, 6) is 0. The Balaban J connectivity index is 0.00000361. The van der Waals surface area contributed by atoms with Crippen LogP contribution in [0.2, 0.25) is 0 Å². The normalized spacial score (nSPS) is 24.0. The van der Waals surface area contributed by atoms with Crippen LogP contribution in [0.5, 0.6) is 0 Å². The first kappa shape index (κ1) is 20.2. The minimum Gasteiger partial charge on any atom is -0.389 e. The van der Waals surface area contributed by atoms with Crippen molar-refractivity contribution in [3.63, 3.8) is 0 Å². The Hall–Kier alpha value is 0.170. The van der Waals surface area contributed by atoms with Gasteiger partial charge in [0.2, 0.25) is 0 Å². The Morgan fingerprint density at radius 2 is 1.55 bits per heavy atom. The summed E-state index contributed by atoms with van der Waals surface area (Å²) in [7, 11) is 0. The predicted octanol–water partition coefficient (Wildman–Crippen LogP) is 3.63. The molecule has 1 aliphatic heterocycles. The largest absolute Gasteiger partial charge is 0.389 e. The van der Waals surface area contributed by atoms with E-state index in [1.807, 2.05) is 20.8 Å². The summed E-state index contributed by atoms with van der Waals surface area (Å²) in [6.45, 7) is 16.3. The number of nitrogens with zero attached hydrogens (tertiary/aromatic N) is 1. The van der Waals surface area contributed by atoms with Crippen molar-refractivity contribution in [2.45, 2.75) is 90.5 Å². The number of hydrogen-bond donors (Lipinski definition) is 1. The molecule has 1 aliphatic rings. The molecule has 0 aliphatic carbocycles. The van der Waals surface area contributed by atoms with Crippen molar-refractivity contribution in [3.05, 3.63) is 0 Å². The number of aliphatic hydroxyl groups is 1. The van der Waals surface area contributed by atoms with Gasteiger partial charge in [0, 0.05) is 17.6 Å². The molecule has 0 amide bonds. The van der Waals surface area contributed by atoms with Gasteiger partial charge in [-0.1, -0.05) is 0 Å². The molecular formula is C16H34ClNO2. The summed E-state index contributed by atoms with van der Waals surface area (Å²) in [5.41, 5.74) is 0.128. The number of rotatable bonds is 4. The lowest BCUT2D eigenvalue weighted by Crippen LogP contribution is -2.60. The third kappa shape index (κ3) is 5.88. The number of hydrogen-bond acceptors (Lipinski definition) is 3. The minimum absolute atomic E-state index is 0. The first-order valence-corrected chi connectivity index (χ1v) is 7.54. The van der Waals surface area contributed by atoms with Crippen molar-refractivity contribution in [3.8, 4) is 0 Å². The SMILES string of the molecule is CC(C)(C)OCC(O)CN1C(C)(C)CCCC1(C)C.Cl. The molecule has 1 rings (SSSR count). The van der Waals surface area contributed by atoms with E-state index in [1.165, 1.54) is 19.3 Å². The molecule has 0 spiro atoms. The zero-order valence-corrected chi connectivity index (χ0v) is 15.1. The molecule has 122 valence electrons. The van der Waals surface area contributed by atoms with Gasteiger partial charge in [-0.3, -0.25) is 4.90 Å². The highest BCUT2D eigenvalue weighted by Gasteiger charge is 2.41. The summed E-state index contributed by atoms with van der Waals surface area (Å²) < 4.78 is 5.69. The molecule has 20 heavy (non-hydrogen) atoms. The quantitative estimate of drug-likeness (QED) is 0.861. The molecule has 1 fully saturated rings. The van der Waals surface area contributed by atoms with Crippen LogP contribution in [0.4, 0.5) is 0 Å². The first-order chi connectivity index (χ1) is 8.44. The second-order valence-electron chi connectivity index (χ2n) is 8.17. The fraction of sp³-hybridized carbons (Fsp3) is 1.00. The van der Waals surface area contributed by atoms with Crippen molar-refractivity contribution in [2.24, 2.45) is 0 Å². The van der Waals surface area contributed by atoms with Crippen molar-refractivity contribution < 1.29 is 9.84 Å². The van der Waals surface area contributed by atoms with Crippen LogP contribution in [0.3, 0.4) is 0 Å². The van der Waals surface area contributed by atoms with Crippen LogP contribution in [-0.2, 0) is 4.74 Å². The topological polar surface area (TPSA) is 32.7 Å². The van der Waals surface area contributed by atoms with Crippen molar-refractivity contribution in [1.82, 2.24) is 4.90 Å². The zero-order valence-electron chi connectivity index (χ0n) is 14.3. The molecule has 1 heterocycles. The summed E-state index contributed by atoms with van der Waals surface area (Å²) in [4.78, 5) is 2.46. The van der Waals surface area contributed by atoms with Crippen molar-refractivity contribution in [2.75, 3.05) is 13.2 Å². The summed E-state index contributed by atoms with van der Waals surface area (Å²) in [6, 6.07) is 0. The summed E-state index contributed by atoms with van der Waals surface area (Å²) in [5, 5.41) is 10.3. The van der Waals surface area contributed by atoms with Crippen LogP contribution in [0.25, 0.3) is 0 Å². The van der Waals surface area contributed by atoms with Crippen molar-refractivity contribution >= 4 is 12.4 Å². The van der Waals surface area contributed by atoms with Crippen LogP contribution in [0.15, 0.2) is 0 Å². The lowest BCUT2D eigenvalue weighted by Gasteiger charge is -2.53. The van der Waals surface area contributed by atoms with E-state index in [2.05, 4.69) is 32.6 Å². The van der Waals surface area contributed by atoms with Crippen LogP contribution < -0.4 is 0 Å². The van der Waals surface area contributed by atoms with Gasteiger partial charge in [-0.2, -0.15) is 0 Å². The van der Waals surface area contributed by atoms with Crippen LogP contribution >= 0.6 is 12.4 Å². The fourth-order valence-electron chi connectivity index (χ4n) is 3.15. The van der Waals surface area contributed by atoms with E-state index in [0.717, 1.165) is 0 Å². The van der Waals surface area contributed by atoms with Crippen LogP contribution in [0.1, 0.15) is 67.7 Å². The van der Waals surface area contributed by atoms with Gasteiger partial charge in [0.25, 0.3) is 0 Å². The number of β-amino-alcohol motifs (C(OH)–C–C–N with tert-alkyl or cyclic N) is 1. The number of halogens is 1. The third-order valence-electron chi connectivity index (χ3n) is 4.14. The molecule has 1 atom stereocenters. The van der Waals surface area contributed by atoms with Gasteiger partial charge >= 0.3 is 0 Å². The van der Waals surface area contributed by atoms with Gasteiger partial charge in [0.05, 0.1) is 18.3 Å². The highest BCUT2D eigenvalue weighted by Crippen LogP contribution is 2.38. The maximum atomic E-state index is 10.3. The molecule has 1 unspecified atom stereocenters. The van der Waals surface area contributed by atoms with E-state index in [0.29, 0.717) is 13.2 Å². The van der Waals surface area contributed by atoms with Crippen LogP contribution in [0, 0.1) is 0 Å². The zero-order chi connectivity index (χ0) is 14.9. The van der Waals surface area contributed by atoms with Gasteiger partial charge in [-0.05, 0) is 67.7 Å². The smallest absolute Gasteiger partial charge is 0.0900 e. The standard InChI is InChI=1S/C16H33NO2.ClH/c1-14(2,3)19-12-13(18)11-17-15(4,5)9-8-10-16(17,6)7;/h13,18H,8-12H2,1-7H3;1H. The van der Waals surface area contributed by atoms with Gasteiger partial charge in [-0.25, -0.2) is 0 Å². The van der Waals surface area contributed by atoms with Gasteiger partial charge < -0.3 is 9.84 Å². The lowest BCUT2D eigenvalue weighted by atomic mass is 9.79. The minimum atomic E-state index is -0.420. The fourth-order valence-corrected chi connectivity index (χ4v) is 3.15. The van der Waals surface area contributed by atoms with Gasteiger partial charge in [-0.15, -0.1) is 12.4 Å². The average molecular weight is 308 g/mol.